The van der Waals surface area contributed by atoms with Gasteiger partial charge in [-0.2, -0.15) is 0 Å². The molecular formula is C17H30. The molecule has 0 atom stereocenters. The van der Waals surface area contributed by atoms with E-state index in [0.717, 1.165) is 0 Å². The van der Waals surface area contributed by atoms with E-state index in [2.05, 4.69) is 38.1 Å². The van der Waals surface area contributed by atoms with Gasteiger partial charge in [0.1, 0.15) is 0 Å². The second-order valence-electron chi connectivity index (χ2n) is 4.96. The van der Waals surface area contributed by atoms with Crippen molar-refractivity contribution in [2.45, 2.75) is 67.2 Å². The maximum atomic E-state index is 2.38. The highest BCUT2D eigenvalue weighted by Crippen LogP contribution is 2.33. The Bertz CT molecular complexity index is 297. The van der Waals surface area contributed by atoms with Crippen molar-refractivity contribution in [3.8, 4) is 0 Å². The smallest absolute Gasteiger partial charge is 0.0225 e. The van der Waals surface area contributed by atoms with E-state index in [1.165, 1.54) is 25.7 Å². The van der Waals surface area contributed by atoms with Crippen LogP contribution in [0.3, 0.4) is 0 Å². The van der Waals surface area contributed by atoms with Gasteiger partial charge < -0.3 is 0 Å². The lowest BCUT2D eigenvalue weighted by atomic mass is 9.83. The van der Waals surface area contributed by atoms with Crippen molar-refractivity contribution in [1.82, 2.24) is 0 Å². The Kier molecular flexibility index (Phi) is 7.95. The molecule has 0 aliphatic heterocycles. The van der Waals surface area contributed by atoms with E-state index in [1.807, 2.05) is 27.7 Å². The molecule has 0 bridgehead atoms. The van der Waals surface area contributed by atoms with Gasteiger partial charge in [-0.05, 0) is 42.2 Å². The molecule has 0 aromatic heterocycles. The van der Waals surface area contributed by atoms with Crippen LogP contribution in [0, 0.1) is 5.41 Å². The Morgan fingerprint density at radius 2 is 1.41 bits per heavy atom. The minimum atomic E-state index is 0.507. The van der Waals surface area contributed by atoms with Gasteiger partial charge in [-0.15, -0.1) is 0 Å². The number of hydrogen-bond donors (Lipinski definition) is 0. The fourth-order valence-electron chi connectivity index (χ4n) is 2.34. The van der Waals surface area contributed by atoms with Gasteiger partial charge in [-0.3, -0.25) is 0 Å². The molecule has 0 amide bonds. The molecule has 1 aliphatic rings. The quantitative estimate of drug-likeness (QED) is 0.509. The summed E-state index contributed by atoms with van der Waals surface area (Å²) in [4.78, 5) is 0. The monoisotopic (exact) mass is 234 g/mol. The molecule has 2 rings (SSSR count). The van der Waals surface area contributed by atoms with E-state index in [9.17, 15) is 0 Å². The molecule has 0 spiro atoms. The van der Waals surface area contributed by atoms with Crippen LogP contribution >= 0.6 is 0 Å². The van der Waals surface area contributed by atoms with Crippen molar-refractivity contribution in [3.05, 3.63) is 35.4 Å². The first-order valence-electron chi connectivity index (χ1n) is 7.24. The molecule has 0 heterocycles. The van der Waals surface area contributed by atoms with E-state index in [1.54, 1.807) is 11.1 Å². The Labute approximate surface area is 108 Å². The number of aryl methyl sites for hydroxylation is 1. The van der Waals surface area contributed by atoms with E-state index in [0.29, 0.717) is 5.41 Å². The molecule has 0 heteroatoms. The van der Waals surface area contributed by atoms with Crippen LogP contribution in [0.5, 0.6) is 0 Å². The molecule has 0 radical (unpaired) electrons. The molecule has 17 heavy (non-hydrogen) atoms. The van der Waals surface area contributed by atoms with Crippen LogP contribution < -0.4 is 0 Å². The van der Waals surface area contributed by atoms with Gasteiger partial charge >= 0.3 is 0 Å². The van der Waals surface area contributed by atoms with Crippen molar-refractivity contribution in [1.29, 1.82) is 0 Å². The third-order valence-corrected chi connectivity index (χ3v) is 3.09. The molecule has 1 aromatic carbocycles. The average molecular weight is 234 g/mol. The summed E-state index contributed by atoms with van der Waals surface area (Å²) >= 11 is 0. The van der Waals surface area contributed by atoms with Crippen LogP contribution in [-0.4, -0.2) is 0 Å². The largest absolute Gasteiger partial charge is 0.0683 e. The molecule has 0 unspecified atom stereocenters. The Balaban J connectivity index is 0.000000581. The molecular weight excluding hydrogens is 204 g/mol. The van der Waals surface area contributed by atoms with Crippen molar-refractivity contribution < 1.29 is 0 Å². The predicted octanol–water partition coefficient (Wildman–Crippen LogP) is 5.64. The maximum Gasteiger partial charge on any atom is -0.0225 e. The van der Waals surface area contributed by atoms with E-state index in [-0.39, 0.29) is 0 Å². The number of fused-ring (bicyclic) bond motifs is 1. The molecule has 0 N–H and O–H groups in total. The van der Waals surface area contributed by atoms with Crippen LogP contribution in [0.25, 0.3) is 0 Å². The van der Waals surface area contributed by atoms with Gasteiger partial charge in [-0.1, -0.05) is 65.8 Å². The average Bonchev–Trinajstić information content (AvgIpc) is 2.51. The lowest BCUT2D eigenvalue weighted by molar-refractivity contribution is 0.333. The first-order valence-corrected chi connectivity index (χ1v) is 7.24. The van der Waals surface area contributed by atoms with Crippen LogP contribution in [0.1, 0.15) is 65.5 Å². The molecule has 0 saturated carbocycles. The normalized spacial score (nSPS) is 16.4. The molecule has 1 aliphatic carbocycles. The third-order valence-electron chi connectivity index (χ3n) is 3.09. The fourth-order valence-corrected chi connectivity index (χ4v) is 2.34. The zero-order valence-corrected chi connectivity index (χ0v) is 12.6. The molecule has 0 fully saturated rings. The van der Waals surface area contributed by atoms with Gasteiger partial charge in [0, 0.05) is 0 Å². The van der Waals surface area contributed by atoms with E-state index >= 15 is 0 Å². The lowest BCUT2D eigenvalue weighted by Gasteiger charge is -2.22. The molecule has 0 saturated heterocycles. The first kappa shape index (κ1) is 16.2. The number of benzene rings is 1. The van der Waals surface area contributed by atoms with Crippen LogP contribution in [0.4, 0.5) is 0 Å². The highest BCUT2D eigenvalue weighted by molar-refractivity contribution is 5.29. The number of rotatable bonds is 0. The SMILES string of the molecule is CC.CC.CC1(C)CCCc2ccccc2C1. The van der Waals surface area contributed by atoms with Crippen molar-refractivity contribution in [2.24, 2.45) is 5.41 Å². The number of hydrogen-bond acceptors (Lipinski definition) is 0. The van der Waals surface area contributed by atoms with Gasteiger partial charge in [0.2, 0.25) is 0 Å². The standard InChI is InChI=1S/C13H18.2C2H6/c1-13(2)9-5-8-11-6-3-4-7-12(11)10-13;2*1-2/h3-4,6-7H,5,8-10H2,1-2H3;2*1-2H3. The summed E-state index contributed by atoms with van der Waals surface area (Å²) in [5.74, 6) is 0. The first-order chi connectivity index (χ1) is 8.17. The second kappa shape index (κ2) is 8.33. The molecule has 98 valence electrons. The second-order valence-corrected chi connectivity index (χ2v) is 4.96. The zero-order chi connectivity index (χ0) is 13.3. The Morgan fingerprint density at radius 1 is 0.882 bits per heavy atom. The Hall–Kier alpha value is -0.780. The van der Waals surface area contributed by atoms with Crippen LogP contribution in [-0.2, 0) is 12.8 Å². The summed E-state index contributed by atoms with van der Waals surface area (Å²) in [6.45, 7) is 12.8. The summed E-state index contributed by atoms with van der Waals surface area (Å²) in [5, 5.41) is 0. The van der Waals surface area contributed by atoms with E-state index < -0.39 is 0 Å². The van der Waals surface area contributed by atoms with E-state index in [4.69, 9.17) is 0 Å². The van der Waals surface area contributed by atoms with Gasteiger partial charge in [0.15, 0.2) is 0 Å². The minimum Gasteiger partial charge on any atom is -0.0683 e. The summed E-state index contributed by atoms with van der Waals surface area (Å²) in [6, 6.07) is 8.91. The van der Waals surface area contributed by atoms with Crippen LogP contribution in [0.15, 0.2) is 24.3 Å². The van der Waals surface area contributed by atoms with Gasteiger partial charge in [-0.25, -0.2) is 0 Å². The summed E-state index contributed by atoms with van der Waals surface area (Å²) in [5.41, 5.74) is 3.66. The zero-order valence-electron chi connectivity index (χ0n) is 12.6. The van der Waals surface area contributed by atoms with Crippen molar-refractivity contribution >= 4 is 0 Å². The molecule has 0 nitrogen and oxygen atoms in total. The Morgan fingerprint density at radius 3 is 2.00 bits per heavy atom. The minimum absolute atomic E-state index is 0.507. The third kappa shape index (κ3) is 5.39. The van der Waals surface area contributed by atoms with Crippen molar-refractivity contribution in [3.63, 3.8) is 0 Å². The predicted molar refractivity (Wildman–Crippen MR) is 79.6 cm³/mol. The van der Waals surface area contributed by atoms with Crippen LogP contribution in [0.2, 0.25) is 0 Å². The molecule has 1 aromatic rings. The fraction of sp³-hybridized carbons (Fsp3) is 0.647. The van der Waals surface area contributed by atoms with Crippen molar-refractivity contribution in [2.75, 3.05) is 0 Å². The van der Waals surface area contributed by atoms with Gasteiger partial charge in [0.05, 0.1) is 0 Å². The highest BCUT2D eigenvalue weighted by atomic mass is 14.3. The van der Waals surface area contributed by atoms with Gasteiger partial charge in [0.25, 0.3) is 0 Å². The highest BCUT2D eigenvalue weighted by Gasteiger charge is 2.22. The maximum absolute atomic E-state index is 2.38. The summed E-state index contributed by atoms with van der Waals surface area (Å²) in [6.07, 6.45) is 5.24. The lowest BCUT2D eigenvalue weighted by Crippen LogP contribution is -2.13. The topological polar surface area (TPSA) is 0 Å². The summed E-state index contributed by atoms with van der Waals surface area (Å²) < 4.78 is 0. The summed E-state index contributed by atoms with van der Waals surface area (Å²) in [7, 11) is 0.